The van der Waals surface area contributed by atoms with Gasteiger partial charge in [-0.3, -0.25) is 9.59 Å². The Balaban J connectivity index is 1.83. The zero-order chi connectivity index (χ0) is 15.7. The molecular formula is C15H10Cl2N2O2S. The summed E-state index contributed by atoms with van der Waals surface area (Å²) in [5.41, 5.74) is 0.438. The van der Waals surface area contributed by atoms with Gasteiger partial charge < -0.3 is 0 Å². The highest BCUT2D eigenvalue weighted by Crippen LogP contribution is 2.35. The minimum absolute atomic E-state index is 0.139. The summed E-state index contributed by atoms with van der Waals surface area (Å²) in [4.78, 5) is 30.0. The van der Waals surface area contributed by atoms with Crippen molar-refractivity contribution in [3.63, 3.8) is 0 Å². The zero-order valence-electron chi connectivity index (χ0n) is 11.2. The summed E-state index contributed by atoms with van der Waals surface area (Å²) in [5, 5.41) is 0.922. The number of halogens is 2. The van der Waals surface area contributed by atoms with Gasteiger partial charge in [0, 0.05) is 12.6 Å². The summed E-state index contributed by atoms with van der Waals surface area (Å²) in [5.74, 6) is -0.518. The minimum atomic E-state index is -0.475. The molecular weight excluding hydrogens is 343 g/mol. The molecule has 0 spiro atoms. The first-order valence-electron chi connectivity index (χ1n) is 6.46. The van der Waals surface area contributed by atoms with Crippen molar-refractivity contribution < 1.29 is 9.59 Å². The Bertz CT molecular complexity index is 740. The number of benzene rings is 1. The fraction of sp³-hybridized carbons (Fsp3) is 0.133. The van der Waals surface area contributed by atoms with Crippen LogP contribution in [0.3, 0.4) is 0 Å². The van der Waals surface area contributed by atoms with Gasteiger partial charge in [0.25, 0.3) is 0 Å². The molecule has 1 aliphatic heterocycles. The van der Waals surface area contributed by atoms with Crippen LogP contribution in [0.4, 0.5) is 5.69 Å². The molecule has 2 amide bonds. The maximum Gasteiger partial charge on any atom is 0.247 e. The lowest BCUT2D eigenvalue weighted by Crippen LogP contribution is -2.31. The lowest BCUT2D eigenvalue weighted by atomic mass is 10.3. The van der Waals surface area contributed by atoms with E-state index in [9.17, 15) is 9.59 Å². The van der Waals surface area contributed by atoms with Crippen molar-refractivity contribution >= 4 is 52.5 Å². The van der Waals surface area contributed by atoms with Crippen molar-refractivity contribution in [1.29, 1.82) is 0 Å². The molecule has 1 atom stereocenters. The highest BCUT2D eigenvalue weighted by atomic mass is 35.5. The van der Waals surface area contributed by atoms with Crippen molar-refractivity contribution in [3.05, 3.63) is 52.6 Å². The molecule has 1 aliphatic rings. The largest absolute Gasteiger partial charge is 0.274 e. The maximum atomic E-state index is 12.5. The van der Waals surface area contributed by atoms with E-state index >= 15 is 0 Å². The van der Waals surface area contributed by atoms with Gasteiger partial charge in [-0.1, -0.05) is 41.0 Å². The van der Waals surface area contributed by atoms with Gasteiger partial charge in [0.05, 0.1) is 26.0 Å². The Kier molecular flexibility index (Phi) is 4.38. The van der Waals surface area contributed by atoms with Crippen LogP contribution in [0.1, 0.15) is 6.42 Å². The van der Waals surface area contributed by atoms with Crippen molar-refractivity contribution in [2.75, 3.05) is 4.90 Å². The second-order valence-electron chi connectivity index (χ2n) is 4.64. The molecule has 0 N–H and O–H groups in total. The third-order valence-electron chi connectivity index (χ3n) is 3.17. The fourth-order valence-corrected chi connectivity index (χ4v) is 3.45. The van der Waals surface area contributed by atoms with Crippen LogP contribution < -0.4 is 4.90 Å². The Labute approximate surface area is 141 Å². The molecule has 1 aromatic heterocycles. The Hall–Kier alpha value is -1.56. The van der Waals surface area contributed by atoms with Crippen LogP contribution >= 0.6 is 35.0 Å². The van der Waals surface area contributed by atoms with Crippen LogP contribution in [0.25, 0.3) is 0 Å². The summed E-state index contributed by atoms with van der Waals surface area (Å²) >= 11 is 13.1. The molecule has 7 heteroatoms. The predicted molar refractivity (Wildman–Crippen MR) is 87.5 cm³/mol. The smallest absolute Gasteiger partial charge is 0.247 e. The van der Waals surface area contributed by atoms with Crippen LogP contribution in [0.2, 0.25) is 10.0 Å². The lowest BCUT2D eigenvalue weighted by molar-refractivity contribution is -0.121. The third kappa shape index (κ3) is 2.97. The maximum absolute atomic E-state index is 12.5. The number of hydrogen-bond donors (Lipinski definition) is 0. The third-order valence-corrected chi connectivity index (χ3v) is 5.04. The minimum Gasteiger partial charge on any atom is -0.274 e. The lowest BCUT2D eigenvalue weighted by Gasteiger charge is -2.15. The number of hydrogen-bond acceptors (Lipinski definition) is 4. The van der Waals surface area contributed by atoms with E-state index in [0.717, 1.165) is 4.90 Å². The topological polar surface area (TPSA) is 50.3 Å². The highest BCUT2D eigenvalue weighted by Gasteiger charge is 2.40. The Morgan fingerprint density at radius 3 is 2.64 bits per heavy atom. The first-order valence-corrected chi connectivity index (χ1v) is 8.09. The monoisotopic (exact) mass is 352 g/mol. The molecule has 112 valence electrons. The van der Waals surface area contributed by atoms with Gasteiger partial charge in [-0.05, 0) is 30.3 Å². The SMILES string of the molecule is O=C1C[C@@H](Sc2ccccn2)C(=O)N1c1ccc(Cl)c(Cl)c1. The second kappa shape index (κ2) is 6.28. The number of aromatic nitrogens is 1. The van der Waals surface area contributed by atoms with Crippen LogP contribution in [-0.4, -0.2) is 22.0 Å². The van der Waals surface area contributed by atoms with E-state index in [1.54, 1.807) is 24.4 Å². The van der Waals surface area contributed by atoms with Crippen molar-refractivity contribution in [3.8, 4) is 0 Å². The van der Waals surface area contributed by atoms with E-state index in [1.807, 2.05) is 12.1 Å². The van der Waals surface area contributed by atoms with Gasteiger partial charge >= 0.3 is 0 Å². The fourth-order valence-electron chi connectivity index (χ4n) is 2.15. The predicted octanol–water partition coefficient (Wildman–Crippen LogP) is 3.81. The molecule has 2 heterocycles. The van der Waals surface area contributed by atoms with Crippen LogP contribution in [0.5, 0.6) is 0 Å². The van der Waals surface area contributed by atoms with E-state index in [1.165, 1.54) is 17.8 Å². The summed E-state index contributed by atoms with van der Waals surface area (Å²) in [6.07, 6.45) is 1.79. The quantitative estimate of drug-likeness (QED) is 0.788. The summed E-state index contributed by atoms with van der Waals surface area (Å²) in [6, 6.07) is 10.1. The molecule has 1 aromatic carbocycles. The van der Waals surface area contributed by atoms with Gasteiger partial charge in [0.15, 0.2) is 0 Å². The van der Waals surface area contributed by atoms with Gasteiger partial charge in [-0.2, -0.15) is 0 Å². The second-order valence-corrected chi connectivity index (χ2v) is 6.68. The molecule has 1 saturated heterocycles. The number of carbonyl (C=O) groups excluding carboxylic acids is 2. The number of imide groups is 1. The normalized spacial score (nSPS) is 18.1. The molecule has 2 aromatic rings. The molecule has 1 fully saturated rings. The number of pyridine rings is 1. The average molecular weight is 353 g/mol. The summed E-state index contributed by atoms with van der Waals surface area (Å²) in [7, 11) is 0. The number of carbonyl (C=O) groups is 2. The summed E-state index contributed by atoms with van der Waals surface area (Å²) in [6.45, 7) is 0. The molecule has 0 aliphatic carbocycles. The average Bonchev–Trinajstić information content (AvgIpc) is 2.78. The van der Waals surface area contributed by atoms with E-state index in [2.05, 4.69) is 4.98 Å². The van der Waals surface area contributed by atoms with E-state index < -0.39 is 5.25 Å². The van der Waals surface area contributed by atoms with Gasteiger partial charge in [0.2, 0.25) is 11.8 Å². The van der Waals surface area contributed by atoms with E-state index in [4.69, 9.17) is 23.2 Å². The van der Waals surface area contributed by atoms with Gasteiger partial charge in [-0.25, -0.2) is 9.88 Å². The molecule has 22 heavy (non-hydrogen) atoms. The first kappa shape index (κ1) is 15.3. The van der Waals surface area contributed by atoms with Crippen LogP contribution in [-0.2, 0) is 9.59 Å². The number of rotatable bonds is 3. The molecule has 3 rings (SSSR count). The number of amides is 2. The molecule has 4 nitrogen and oxygen atoms in total. The number of nitrogens with zero attached hydrogens (tertiary/aromatic N) is 2. The molecule has 0 saturated carbocycles. The summed E-state index contributed by atoms with van der Waals surface area (Å²) < 4.78 is 0. The van der Waals surface area contributed by atoms with E-state index in [0.29, 0.717) is 20.8 Å². The molecule has 0 unspecified atom stereocenters. The molecule has 0 bridgehead atoms. The van der Waals surface area contributed by atoms with Crippen molar-refractivity contribution in [2.45, 2.75) is 16.7 Å². The Morgan fingerprint density at radius 1 is 1.14 bits per heavy atom. The van der Waals surface area contributed by atoms with Crippen molar-refractivity contribution in [2.24, 2.45) is 0 Å². The first-order chi connectivity index (χ1) is 10.6. The van der Waals surface area contributed by atoms with E-state index in [-0.39, 0.29) is 18.2 Å². The van der Waals surface area contributed by atoms with Gasteiger partial charge in [-0.15, -0.1) is 0 Å². The van der Waals surface area contributed by atoms with Gasteiger partial charge in [0.1, 0.15) is 0 Å². The number of thioether (sulfide) groups is 1. The highest BCUT2D eigenvalue weighted by molar-refractivity contribution is 8.00. The van der Waals surface area contributed by atoms with Crippen LogP contribution in [0, 0.1) is 0 Å². The standard InChI is InChI=1S/C15H10Cl2N2O2S/c16-10-5-4-9(7-11(10)17)19-14(20)8-12(15(19)21)22-13-3-1-2-6-18-13/h1-7,12H,8H2/t12-/m1/s1. The Morgan fingerprint density at radius 2 is 1.95 bits per heavy atom. The van der Waals surface area contributed by atoms with Crippen LogP contribution in [0.15, 0.2) is 47.6 Å². The zero-order valence-corrected chi connectivity index (χ0v) is 13.5. The van der Waals surface area contributed by atoms with Crippen molar-refractivity contribution in [1.82, 2.24) is 4.98 Å². The molecule has 0 radical (unpaired) electrons. The number of anilines is 1.